The summed E-state index contributed by atoms with van der Waals surface area (Å²) in [5.41, 5.74) is 0.422. The normalized spacial score (nSPS) is 12.8. The van der Waals surface area contributed by atoms with Crippen molar-refractivity contribution in [3.63, 3.8) is 0 Å². The molecule has 0 aliphatic carbocycles. The Morgan fingerprint density at radius 3 is 2.28 bits per heavy atom. The van der Waals surface area contributed by atoms with Crippen LogP contribution in [0.15, 0.2) is 24.3 Å². The summed E-state index contributed by atoms with van der Waals surface area (Å²) in [4.78, 5) is 36.4. The molecule has 7 heteroatoms. The second-order valence-electron chi connectivity index (χ2n) is 5.91. The first-order valence-electron chi connectivity index (χ1n) is 8.49. The average Bonchev–Trinajstić information content (AvgIpc) is 2.62. The topological polar surface area (TPSA) is 87.3 Å². The zero-order valence-electron chi connectivity index (χ0n) is 14.9. The van der Waals surface area contributed by atoms with Crippen molar-refractivity contribution in [2.45, 2.75) is 39.7 Å². The first kappa shape index (κ1) is 21.0. The fraction of sp³-hybridized carbons (Fsp3) is 0.500. The summed E-state index contributed by atoms with van der Waals surface area (Å²) >= 11 is 5.82. The van der Waals surface area contributed by atoms with Crippen LogP contribution in [0.2, 0.25) is 5.02 Å². The average molecular weight is 368 g/mol. The molecule has 0 fully saturated rings. The number of nitrogens with one attached hydrogen (secondary N) is 3. The van der Waals surface area contributed by atoms with Crippen LogP contribution >= 0.6 is 11.6 Å². The zero-order valence-corrected chi connectivity index (χ0v) is 15.7. The van der Waals surface area contributed by atoms with Gasteiger partial charge in [0.1, 0.15) is 6.04 Å². The lowest BCUT2D eigenvalue weighted by atomic mass is 9.98. The van der Waals surface area contributed by atoms with Crippen molar-refractivity contribution < 1.29 is 14.4 Å². The number of amides is 3. The number of carbonyl (C=O) groups is 3. The highest BCUT2D eigenvalue weighted by atomic mass is 35.5. The Labute approximate surface area is 153 Å². The van der Waals surface area contributed by atoms with E-state index in [0.29, 0.717) is 23.6 Å². The maximum atomic E-state index is 12.4. The summed E-state index contributed by atoms with van der Waals surface area (Å²) in [6.07, 6.45) is 1.54. The molecular weight excluding hydrogens is 342 g/mol. The predicted molar refractivity (Wildman–Crippen MR) is 98.5 cm³/mol. The molecule has 0 saturated heterocycles. The van der Waals surface area contributed by atoms with E-state index in [0.717, 1.165) is 6.42 Å². The Morgan fingerprint density at radius 2 is 1.72 bits per heavy atom. The van der Waals surface area contributed by atoms with E-state index in [1.165, 1.54) is 0 Å². The minimum absolute atomic E-state index is 0.0741. The van der Waals surface area contributed by atoms with Crippen molar-refractivity contribution in [2.75, 3.05) is 13.1 Å². The quantitative estimate of drug-likeness (QED) is 0.624. The summed E-state index contributed by atoms with van der Waals surface area (Å²) < 4.78 is 0. The molecule has 0 heterocycles. The third-order valence-corrected chi connectivity index (χ3v) is 4.14. The van der Waals surface area contributed by atoms with E-state index in [1.54, 1.807) is 24.3 Å². The number of halogens is 1. The van der Waals surface area contributed by atoms with Crippen molar-refractivity contribution in [3.8, 4) is 0 Å². The Hall–Kier alpha value is -2.08. The molecule has 0 aromatic heterocycles. The SMILES string of the molecule is CCCNC(=O)CNC(=O)C(NC(=O)c1ccc(Cl)cc1)C(C)CC. The van der Waals surface area contributed by atoms with Gasteiger partial charge in [0.25, 0.3) is 5.91 Å². The lowest BCUT2D eigenvalue weighted by Crippen LogP contribution is -2.51. The van der Waals surface area contributed by atoms with Gasteiger partial charge >= 0.3 is 0 Å². The highest BCUT2D eigenvalue weighted by Crippen LogP contribution is 2.12. The Bertz CT molecular complexity index is 590. The number of hydrogen-bond acceptors (Lipinski definition) is 3. The molecule has 3 amide bonds. The van der Waals surface area contributed by atoms with Crippen LogP contribution in [0, 0.1) is 5.92 Å². The molecule has 138 valence electrons. The van der Waals surface area contributed by atoms with Gasteiger partial charge in [0.15, 0.2) is 0 Å². The van der Waals surface area contributed by atoms with Crippen LogP contribution in [0.5, 0.6) is 0 Å². The van der Waals surface area contributed by atoms with Gasteiger partial charge in [-0.1, -0.05) is 38.8 Å². The van der Waals surface area contributed by atoms with Crippen molar-refractivity contribution in [3.05, 3.63) is 34.9 Å². The molecule has 0 saturated carbocycles. The standard InChI is InChI=1S/C18H26ClN3O3/c1-4-10-20-15(23)11-21-18(25)16(12(3)5-2)22-17(24)13-6-8-14(19)9-7-13/h6-9,12,16H,4-5,10-11H2,1-3H3,(H,20,23)(H,21,25)(H,22,24). The molecular formula is C18H26ClN3O3. The van der Waals surface area contributed by atoms with Crippen LogP contribution in [0.25, 0.3) is 0 Å². The van der Waals surface area contributed by atoms with Gasteiger partial charge in [-0.25, -0.2) is 0 Å². The maximum absolute atomic E-state index is 12.4. The molecule has 6 nitrogen and oxygen atoms in total. The first-order valence-corrected chi connectivity index (χ1v) is 8.87. The van der Waals surface area contributed by atoms with Crippen molar-refractivity contribution in [1.29, 1.82) is 0 Å². The minimum Gasteiger partial charge on any atom is -0.355 e. The molecule has 0 bridgehead atoms. The zero-order chi connectivity index (χ0) is 18.8. The largest absolute Gasteiger partial charge is 0.355 e. The summed E-state index contributed by atoms with van der Waals surface area (Å²) in [7, 11) is 0. The van der Waals surface area contributed by atoms with Crippen LogP contribution < -0.4 is 16.0 Å². The predicted octanol–water partition coefficient (Wildman–Crippen LogP) is 2.13. The molecule has 1 aromatic carbocycles. The fourth-order valence-electron chi connectivity index (χ4n) is 2.13. The number of benzene rings is 1. The third-order valence-electron chi connectivity index (χ3n) is 3.88. The summed E-state index contributed by atoms with van der Waals surface area (Å²) in [5, 5.41) is 8.55. The smallest absolute Gasteiger partial charge is 0.251 e. The van der Waals surface area contributed by atoms with E-state index in [4.69, 9.17) is 11.6 Å². The molecule has 2 atom stereocenters. The van der Waals surface area contributed by atoms with Crippen LogP contribution in [0.1, 0.15) is 44.0 Å². The van der Waals surface area contributed by atoms with E-state index >= 15 is 0 Å². The van der Waals surface area contributed by atoms with Gasteiger partial charge in [-0.15, -0.1) is 0 Å². The Balaban J connectivity index is 2.69. The Morgan fingerprint density at radius 1 is 1.08 bits per heavy atom. The van der Waals surface area contributed by atoms with Crippen LogP contribution in [-0.2, 0) is 9.59 Å². The number of rotatable bonds is 9. The maximum Gasteiger partial charge on any atom is 0.251 e. The minimum atomic E-state index is -0.716. The molecule has 1 aromatic rings. The van der Waals surface area contributed by atoms with E-state index < -0.39 is 6.04 Å². The van der Waals surface area contributed by atoms with Crippen LogP contribution in [-0.4, -0.2) is 36.9 Å². The summed E-state index contributed by atoms with van der Waals surface area (Å²) in [6.45, 7) is 6.22. The second-order valence-corrected chi connectivity index (χ2v) is 6.35. The second kappa shape index (κ2) is 10.7. The van der Waals surface area contributed by atoms with Crippen LogP contribution in [0.4, 0.5) is 0 Å². The van der Waals surface area contributed by atoms with Gasteiger partial charge in [-0.2, -0.15) is 0 Å². The molecule has 0 aliphatic heterocycles. The van der Waals surface area contributed by atoms with E-state index in [1.807, 2.05) is 20.8 Å². The van der Waals surface area contributed by atoms with Gasteiger partial charge in [0.2, 0.25) is 11.8 Å². The lowest BCUT2D eigenvalue weighted by molar-refractivity contribution is -0.127. The lowest BCUT2D eigenvalue weighted by Gasteiger charge is -2.23. The Kier molecular flexibility index (Phi) is 8.99. The van der Waals surface area contributed by atoms with Crippen LogP contribution in [0.3, 0.4) is 0 Å². The van der Waals surface area contributed by atoms with Crippen molar-refractivity contribution >= 4 is 29.3 Å². The molecule has 0 spiro atoms. The van der Waals surface area contributed by atoms with Gasteiger partial charge < -0.3 is 16.0 Å². The molecule has 25 heavy (non-hydrogen) atoms. The van der Waals surface area contributed by atoms with Gasteiger partial charge in [0, 0.05) is 17.1 Å². The fourth-order valence-corrected chi connectivity index (χ4v) is 2.26. The highest BCUT2D eigenvalue weighted by Gasteiger charge is 2.26. The van der Waals surface area contributed by atoms with E-state index in [9.17, 15) is 14.4 Å². The molecule has 1 rings (SSSR count). The summed E-state index contributed by atoms with van der Waals surface area (Å²) in [5.74, 6) is -1.05. The third kappa shape index (κ3) is 7.13. The highest BCUT2D eigenvalue weighted by molar-refractivity contribution is 6.30. The van der Waals surface area contributed by atoms with Crippen molar-refractivity contribution in [2.24, 2.45) is 5.92 Å². The van der Waals surface area contributed by atoms with Gasteiger partial charge in [-0.3, -0.25) is 14.4 Å². The molecule has 0 aliphatic rings. The molecule has 0 radical (unpaired) electrons. The van der Waals surface area contributed by atoms with Crippen molar-refractivity contribution in [1.82, 2.24) is 16.0 Å². The summed E-state index contributed by atoms with van der Waals surface area (Å²) in [6, 6.07) is 5.72. The van der Waals surface area contributed by atoms with E-state index in [-0.39, 0.29) is 30.2 Å². The molecule has 3 N–H and O–H groups in total. The monoisotopic (exact) mass is 367 g/mol. The number of carbonyl (C=O) groups excluding carboxylic acids is 3. The van der Waals surface area contributed by atoms with Gasteiger partial charge in [-0.05, 0) is 36.6 Å². The van der Waals surface area contributed by atoms with E-state index in [2.05, 4.69) is 16.0 Å². The van der Waals surface area contributed by atoms with Gasteiger partial charge in [0.05, 0.1) is 6.54 Å². The molecule has 2 unspecified atom stereocenters. The number of hydrogen-bond donors (Lipinski definition) is 3. The first-order chi connectivity index (χ1) is 11.9.